The van der Waals surface area contributed by atoms with E-state index in [1.54, 1.807) is 0 Å². The predicted octanol–water partition coefficient (Wildman–Crippen LogP) is 1.76. The van der Waals surface area contributed by atoms with Crippen molar-refractivity contribution in [3.05, 3.63) is 0 Å². The molecule has 72 valence electrons. The lowest BCUT2D eigenvalue weighted by molar-refractivity contribution is -0.151. The SMILES string of the molecule is C#CC1CCC(F)(F)CC1C(=O)O. The summed E-state index contributed by atoms with van der Waals surface area (Å²) in [6, 6.07) is 0. The molecule has 0 bridgehead atoms. The maximum absolute atomic E-state index is 12.8. The number of rotatable bonds is 1. The monoisotopic (exact) mass is 188 g/mol. The van der Waals surface area contributed by atoms with Crippen molar-refractivity contribution in [2.45, 2.75) is 25.2 Å². The predicted molar refractivity (Wildman–Crippen MR) is 42.2 cm³/mol. The van der Waals surface area contributed by atoms with E-state index in [4.69, 9.17) is 11.5 Å². The molecule has 2 nitrogen and oxygen atoms in total. The molecule has 0 aromatic heterocycles. The fourth-order valence-corrected chi connectivity index (χ4v) is 1.59. The quantitative estimate of drug-likeness (QED) is 0.636. The Morgan fingerprint density at radius 2 is 2.23 bits per heavy atom. The Kier molecular flexibility index (Phi) is 2.55. The van der Waals surface area contributed by atoms with Crippen LogP contribution in [0.1, 0.15) is 19.3 Å². The molecule has 2 unspecified atom stereocenters. The summed E-state index contributed by atoms with van der Waals surface area (Å²) in [6.45, 7) is 0. The first kappa shape index (κ1) is 9.97. The third-order valence-corrected chi connectivity index (χ3v) is 2.36. The molecule has 0 heterocycles. The van der Waals surface area contributed by atoms with Crippen LogP contribution in [0.4, 0.5) is 8.78 Å². The number of hydrogen-bond donors (Lipinski definition) is 1. The Balaban J connectivity index is 2.76. The van der Waals surface area contributed by atoms with E-state index in [-0.39, 0.29) is 12.8 Å². The van der Waals surface area contributed by atoms with Crippen molar-refractivity contribution >= 4 is 5.97 Å². The molecule has 1 aliphatic rings. The lowest BCUT2D eigenvalue weighted by Crippen LogP contribution is -2.36. The fourth-order valence-electron chi connectivity index (χ4n) is 1.59. The number of carboxylic acid groups (broad SMARTS) is 1. The molecular weight excluding hydrogens is 178 g/mol. The van der Waals surface area contributed by atoms with Crippen molar-refractivity contribution in [1.82, 2.24) is 0 Å². The van der Waals surface area contributed by atoms with E-state index in [1.807, 2.05) is 0 Å². The Morgan fingerprint density at radius 1 is 1.62 bits per heavy atom. The van der Waals surface area contributed by atoms with Crippen molar-refractivity contribution in [3.63, 3.8) is 0 Å². The zero-order valence-electron chi connectivity index (χ0n) is 6.96. The van der Waals surface area contributed by atoms with Gasteiger partial charge in [-0.05, 0) is 6.42 Å². The fraction of sp³-hybridized carbons (Fsp3) is 0.667. The van der Waals surface area contributed by atoms with Crippen LogP contribution in [0, 0.1) is 24.2 Å². The summed E-state index contributed by atoms with van der Waals surface area (Å²) < 4.78 is 25.6. The second kappa shape index (κ2) is 3.33. The van der Waals surface area contributed by atoms with Gasteiger partial charge in [-0.25, -0.2) is 8.78 Å². The van der Waals surface area contributed by atoms with Crippen LogP contribution in [0.15, 0.2) is 0 Å². The first-order valence-corrected chi connectivity index (χ1v) is 4.03. The minimum Gasteiger partial charge on any atom is -0.481 e. The first-order valence-electron chi connectivity index (χ1n) is 4.03. The van der Waals surface area contributed by atoms with Crippen molar-refractivity contribution in [1.29, 1.82) is 0 Å². The molecule has 1 fully saturated rings. The van der Waals surface area contributed by atoms with Gasteiger partial charge in [0, 0.05) is 18.8 Å². The summed E-state index contributed by atoms with van der Waals surface area (Å²) >= 11 is 0. The van der Waals surface area contributed by atoms with Gasteiger partial charge in [-0.1, -0.05) is 0 Å². The van der Waals surface area contributed by atoms with Crippen molar-refractivity contribution in [2.75, 3.05) is 0 Å². The van der Waals surface area contributed by atoms with Gasteiger partial charge in [-0.3, -0.25) is 4.79 Å². The molecule has 0 radical (unpaired) electrons. The van der Waals surface area contributed by atoms with Gasteiger partial charge in [0.05, 0.1) is 5.92 Å². The van der Waals surface area contributed by atoms with Gasteiger partial charge in [0.2, 0.25) is 5.92 Å². The van der Waals surface area contributed by atoms with E-state index < -0.39 is 30.1 Å². The van der Waals surface area contributed by atoms with Gasteiger partial charge in [-0.15, -0.1) is 12.3 Å². The van der Waals surface area contributed by atoms with E-state index in [0.29, 0.717) is 0 Å². The van der Waals surface area contributed by atoms with Crippen LogP contribution in [-0.2, 0) is 4.79 Å². The number of terminal acetylenes is 1. The number of alkyl halides is 2. The number of hydrogen-bond acceptors (Lipinski definition) is 1. The van der Waals surface area contributed by atoms with Gasteiger partial charge >= 0.3 is 5.97 Å². The third-order valence-electron chi connectivity index (χ3n) is 2.36. The van der Waals surface area contributed by atoms with Crippen LogP contribution >= 0.6 is 0 Å². The number of halogens is 2. The number of carbonyl (C=O) groups is 1. The summed E-state index contributed by atoms with van der Waals surface area (Å²) in [5.74, 6) is -3.46. The first-order chi connectivity index (χ1) is 5.96. The van der Waals surface area contributed by atoms with Crippen molar-refractivity contribution < 1.29 is 18.7 Å². The molecule has 4 heteroatoms. The molecule has 0 aromatic carbocycles. The maximum Gasteiger partial charge on any atom is 0.307 e. The highest BCUT2D eigenvalue weighted by Gasteiger charge is 2.43. The van der Waals surface area contributed by atoms with Crippen molar-refractivity contribution in [2.24, 2.45) is 11.8 Å². The lowest BCUT2D eigenvalue weighted by atomic mass is 9.78. The van der Waals surface area contributed by atoms with Crippen molar-refractivity contribution in [3.8, 4) is 12.3 Å². The Morgan fingerprint density at radius 3 is 2.69 bits per heavy atom. The third kappa shape index (κ3) is 2.18. The Labute approximate surface area is 74.9 Å². The Hall–Kier alpha value is -1.11. The van der Waals surface area contributed by atoms with Gasteiger partial charge in [-0.2, -0.15) is 0 Å². The summed E-state index contributed by atoms with van der Waals surface area (Å²) in [5, 5.41) is 8.64. The Bertz CT molecular complexity index is 255. The largest absolute Gasteiger partial charge is 0.481 e. The van der Waals surface area contributed by atoms with E-state index in [1.165, 1.54) is 0 Å². The van der Waals surface area contributed by atoms with Gasteiger partial charge in [0.25, 0.3) is 0 Å². The van der Waals surface area contributed by atoms with E-state index >= 15 is 0 Å². The molecule has 0 saturated heterocycles. The van der Waals surface area contributed by atoms with Gasteiger partial charge < -0.3 is 5.11 Å². The smallest absolute Gasteiger partial charge is 0.307 e. The standard InChI is InChI=1S/C9H10F2O2/c1-2-6-3-4-9(10,11)5-7(6)8(12)13/h1,6-7H,3-5H2,(H,12,13). The minimum absolute atomic E-state index is 0.0977. The summed E-state index contributed by atoms with van der Waals surface area (Å²) in [4.78, 5) is 10.6. The molecule has 1 rings (SSSR count). The van der Waals surface area contributed by atoms with E-state index in [0.717, 1.165) is 0 Å². The average molecular weight is 188 g/mol. The van der Waals surface area contributed by atoms with Crippen LogP contribution in [0.2, 0.25) is 0 Å². The van der Waals surface area contributed by atoms with Crippen LogP contribution in [0.3, 0.4) is 0 Å². The van der Waals surface area contributed by atoms with Gasteiger partial charge in [0.1, 0.15) is 0 Å². The minimum atomic E-state index is -2.86. The van der Waals surface area contributed by atoms with Crippen LogP contribution in [0.5, 0.6) is 0 Å². The molecule has 1 saturated carbocycles. The average Bonchev–Trinajstić information content (AvgIpc) is 2.03. The molecule has 0 amide bonds. The zero-order chi connectivity index (χ0) is 10.1. The highest BCUT2D eigenvalue weighted by molar-refractivity contribution is 5.71. The van der Waals surface area contributed by atoms with Crippen LogP contribution in [0.25, 0.3) is 0 Å². The highest BCUT2D eigenvalue weighted by atomic mass is 19.3. The molecular formula is C9H10F2O2. The normalized spacial score (nSPS) is 32.1. The number of carboxylic acids is 1. The van der Waals surface area contributed by atoms with Crippen LogP contribution in [-0.4, -0.2) is 17.0 Å². The molecule has 13 heavy (non-hydrogen) atoms. The van der Waals surface area contributed by atoms with E-state index in [2.05, 4.69) is 5.92 Å². The molecule has 2 atom stereocenters. The lowest BCUT2D eigenvalue weighted by Gasteiger charge is -2.30. The molecule has 0 aromatic rings. The number of aliphatic carboxylic acids is 1. The second-order valence-electron chi connectivity index (χ2n) is 3.32. The summed E-state index contributed by atoms with van der Waals surface area (Å²) in [5.41, 5.74) is 0. The van der Waals surface area contributed by atoms with E-state index in [9.17, 15) is 13.6 Å². The maximum atomic E-state index is 12.8. The summed E-state index contributed by atoms with van der Waals surface area (Å²) in [7, 11) is 0. The zero-order valence-corrected chi connectivity index (χ0v) is 6.96. The topological polar surface area (TPSA) is 37.3 Å². The molecule has 0 aliphatic heterocycles. The summed E-state index contributed by atoms with van der Waals surface area (Å²) in [6.07, 6.45) is 4.23. The molecule has 0 spiro atoms. The van der Waals surface area contributed by atoms with Gasteiger partial charge in [0.15, 0.2) is 0 Å². The molecule has 1 N–H and O–H groups in total. The second-order valence-corrected chi connectivity index (χ2v) is 3.32. The highest BCUT2D eigenvalue weighted by Crippen LogP contribution is 2.39. The molecule has 1 aliphatic carbocycles. The van der Waals surface area contributed by atoms with Crippen LogP contribution < -0.4 is 0 Å².